The molecule has 114 valence electrons. The van der Waals surface area contributed by atoms with Gasteiger partial charge >= 0.3 is 0 Å². The highest BCUT2D eigenvalue weighted by Crippen LogP contribution is 2.46. The third-order valence-corrected chi connectivity index (χ3v) is 5.14. The van der Waals surface area contributed by atoms with Crippen molar-refractivity contribution in [3.05, 3.63) is 29.3 Å². The van der Waals surface area contributed by atoms with Gasteiger partial charge in [0.15, 0.2) is 11.5 Å². The molecule has 0 amide bonds. The van der Waals surface area contributed by atoms with E-state index in [1.807, 2.05) is 6.07 Å². The van der Waals surface area contributed by atoms with Crippen molar-refractivity contribution in [2.24, 2.45) is 17.8 Å². The van der Waals surface area contributed by atoms with Crippen molar-refractivity contribution in [3.8, 4) is 11.5 Å². The molecule has 4 atom stereocenters. The molecule has 0 saturated heterocycles. The third-order valence-electron chi connectivity index (χ3n) is 4.83. The lowest BCUT2D eigenvalue weighted by molar-refractivity contribution is 0.355. The van der Waals surface area contributed by atoms with E-state index in [1.165, 1.54) is 12.8 Å². The lowest BCUT2D eigenvalue weighted by atomic mass is 9.87. The van der Waals surface area contributed by atoms with E-state index in [2.05, 4.69) is 24.4 Å². The number of methoxy groups -OCH3 is 2. The number of halogens is 1. The fourth-order valence-corrected chi connectivity index (χ4v) is 3.92. The number of fused-ring (bicyclic) bond motifs is 2. The van der Waals surface area contributed by atoms with Crippen LogP contribution in [-0.2, 0) is 0 Å². The molecule has 0 spiro atoms. The molecule has 2 aliphatic carbocycles. The monoisotopic (exact) mass is 307 g/mol. The van der Waals surface area contributed by atoms with E-state index in [-0.39, 0.29) is 0 Å². The molecule has 4 heteroatoms. The molecular weight excluding hydrogens is 286 g/mol. The largest absolute Gasteiger partial charge is 0.493 e. The maximum Gasteiger partial charge on any atom is 0.162 e. The van der Waals surface area contributed by atoms with Crippen molar-refractivity contribution in [2.75, 3.05) is 19.5 Å². The highest BCUT2D eigenvalue weighted by atomic mass is 35.5. The summed E-state index contributed by atoms with van der Waals surface area (Å²) < 4.78 is 10.6. The van der Waals surface area contributed by atoms with Crippen LogP contribution in [0.4, 0.5) is 5.69 Å². The van der Waals surface area contributed by atoms with E-state index >= 15 is 0 Å². The number of hydrogen-bond donors (Lipinski definition) is 1. The molecule has 3 nitrogen and oxygen atoms in total. The maximum atomic E-state index is 6.35. The van der Waals surface area contributed by atoms with Crippen molar-refractivity contribution in [3.63, 3.8) is 0 Å². The van der Waals surface area contributed by atoms with Gasteiger partial charge in [0.05, 0.1) is 24.9 Å². The predicted octanol–water partition coefficient (Wildman–Crippen LogP) is 4.37. The lowest BCUT2D eigenvalue weighted by Crippen LogP contribution is -2.28. The van der Waals surface area contributed by atoms with Gasteiger partial charge in [-0.05, 0) is 37.5 Å². The molecule has 2 aliphatic rings. The Morgan fingerprint density at radius 3 is 2.43 bits per heavy atom. The molecule has 3 rings (SSSR count). The van der Waals surface area contributed by atoms with Gasteiger partial charge in [-0.15, -0.1) is 0 Å². The summed E-state index contributed by atoms with van der Waals surface area (Å²) in [6.07, 6.45) is 7.35. The van der Waals surface area contributed by atoms with Crippen molar-refractivity contribution in [1.82, 2.24) is 0 Å². The highest BCUT2D eigenvalue weighted by Gasteiger charge is 2.38. The van der Waals surface area contributed by atoms with Crippen molar-refractivity contribution in [2.45, 2.75) is 25.8 Å². The predicted molar refractivity (Wildman–Crippen MR) is 86.5 cm³/mol. The minimum absolute atomic E-state index is 0.389. The van der Waals surface area contributed by atoms with Gasteiger partial charge in [-0.1, -0.05) is 23.8 Å². The molecule has 1 fully saturated rings. The third kappa shape index (κ3) is 2.71. The second-order valence-electron chi connectivity index (χ2n) is 6.06. The Hall–Kier alpha value is -1.35. The standard InChI is InChI=1S/C17H22ClNO2/c1-10(13-7-11-4-5-12(13)6-11)19-15-9-17(21-3)16(20-2)8-14(15)18/h4-5,8-13,19H,6-7H2,1-3H3. The molecular formula is C17H22ClNO2. The van der Waals surface area contributed by atoms with E-state index in [1.54, 1.807) is 20.3 Å². The number of anilines is 1. The summed E-state index contributed by atoms with van der Waals surface area (Å²) in [5, 5.41) is 4.23. The molecule has 4 unspecified atom stereocenters. The fourth-order valence-electron chi connectivity index (χ4n) is 3.72. The summed E-state index contributed by atoms with van der Waals surface area (Å²) in [4.78, 5) is 0. The Balaban J connectivity index is 1.76. The second kappa shape index (κ2) is 5.80. The highest BCUT2D eigenvalue weighted by molar-refractivity contribution is 6.33. The molecule has 2 bridgehead atoms. The van der Waals surface area contributed by atoms with E-state index in [9.17, 15) is 0 Å². The van der Waals surface area contributed by atoms with Crippen molar-refractivity contribution >= 4 is 17.3 Å². The van der Waals surface area contributed by atoms with Crippen LogP contribution < -0.4 is 14.8 Å². The van der Waals surface area contributed by atoms with Gasteiger partial charge in [-0.2, -0.15) is 0 Å². The normalized spacial score (nSPS) is 27.7. The summed E-state index contributed by atoms with van der Waals surface area (Å²) in [6, 6.07) is 4.11. The summed E-state index contributed by atoms with van der Waals surface area (Å²) in [7, 11) is 3.26. The minimum Gasteiger partial charge on any atom is -0.493 e. The molecule has 1 aromatic rings. The van der Waals surface area contributed by atoms with Crippen LogP contribution in [-0.4, -0.2) is 20.3 Å². The van der Waals surface area contributed by atoms with Crippen LogP contribution in [0.25, 0.3) is 0 Å². The molecule has 0 aromatic heterocycles. The topological polar surface area (TPSA) is 30.5 Å². The average Bonchev–Trinajstić information content (AvgIpc) is 3.11. The Labute approximate surface area is 131 Å². The fraction of sp³-hybridized carbons (Fsp3) is 0.529. The van der Waals surface area contributed by atoms with Gasteiger partial charge in [-0.25, -0.2) is 0 Å². The Bertz CT molecular complexity index is 558. The second-order valence-corrected chi connectivity index (χ2v) is 6.47. The smallest absolute Gasteiger partial charge is 0.162 e. The van der Waals surface area contributed by atoms with Crippen LogP contribution in [0.1, 0.15) is 19.8 Å². The Morgan fingerprint density at radius 1 is 1.14 bits per heavy atom. The summed E-state index contributed by atoms with van der Waals surface area (Å²) >= 11 is 6.35. The number of rotatable bonds is 5. The number of ether oxygens (including phenoxy) is 2. The van der Waals surface area contributed by atoms with E-state index in [4.69, 9.17) is 21.1 Å². The zero-order chi connectivity index (χ0) is 15.0. The Morgan fingerprint density at radius 2 is 1.86 bits per heavy atom. The molecule has 0 aliphatic heterocycles. The first-order valence-corrected chi connectivity index (χ1v) is 7.86. The van der Waals surface area contributed by atoms with Gasteiger partial charge in [0.25, 0.3) is 0 Å². The van der Waals surface area contributed by atoms with E-state index in [0.717, 1.165) is 17.5 Å². The van der Waals surface area contributed by atoms with Crippen LogP contribution in [0, 0.1) is 17.8 Å². The van der Waals surface area contributed by atoms with Crippen LogP contribution in [0.2, 0.25) is 5.02 Å². The number of allylic oxidation sites excluding steroid dienone is 2. The molecule has 1 saturated carbocycles. The molecule has 0 heterocycles. The molecule has 21 heavy (non-hydrogen) atoms. The number of benzene rings is 1. The average molecular weight is 308 g/mol. The van der Waals surface area contributed by atoms with E-state index in [0.29, 0.717) is 28.5 Å². The van der Waals surface area contributed by atoms with Crippen LogP contribution in [0.15, 0.2) is 24.3 Å². The molecule has 1 N–H and O–H groups in total. The quantitative estimate of drug-likeness (QED) is 0.819. The van der Waals surface area contributed by atoms with Crippen LogP contribution in [0.3, 0.4) is 0 Å². The summed E-state index contributed by atoms with van der Waals surface area (Å²) in [5.41, 5.74) is 0.911. The SMILES string of the molecule is COc1cc(Cl)c(NC(C)C2CC3C=CC2C3)cc1OC. The van der Waals surface area contributed by atoms with Crippen molar-refractivity contribution < 1.29 is 9.47 Å². The van der Waals surface area contributed by atoms with Gasteiger partial charge in [0.1, 0.15) is 0 Å². The maximum absolute atomic E-state index is 6.35. The molecule has 0 radical (unpaired) electrons. The number of hydrogen-bond acceptors (Lipinski definition) is 3. The first-order valence-electron chi connectivity index (χ1n) is 7.48. The summed E-state index contributed by atoms with van der Waals surface area (Å²) in [6.45, 7) is 2.24. The molecule has 1 aromatic carbocycles. The van der Waals surface area contributed by atoms with Crippen molar-refractivity contribution in [1.29, 1.82) is 0 Å². The summed E-state index contributed by atoms with van der Waals surface area (Å²) in [5.74, 6) is 3.54. The lowest BCUT2D eigenvalue weighted by Gasteiger charge is -2.27. The van der Waals surface area contributed by atoms with Gasteiger partial charge in [-0.3, -0.25) is 0 Å². The van der Waals surface area contributed by atoms with Crippen LogP contribution in [0.5, 0.6) is 11.5 Å². The zero-order valence-corrected chi connectivity index (χ0v) is 13.5. The van der Waals surface area contributed by atoms with Crippen LogP contribution >= 0.6 is 11.6 Å². The number of nitrogens with one attached hydrogen (secondary N) is 1. The van der Waals surface area contributed by atoms with Gasteiger partial charge in [0, 0.05) is 18.2 Å². The zero-order valence-electron chi connectivity index (χ0n) is 12.7. The Kier molecular flexibility index (Phi) is 4.03. The van der Waals surface area contributed by atoms with Gasteiger partial charge < -0.3 is 14.8 Å². The minimum atomic E-state index is 0.389. The van der Waals surface area contributed by atoms with E-state index < -0.39 is 0 Å². The first kappa shape index (κ1) is 14.6. The first-order chi connectivity index (χ1) is 10.1. The van der Waals surface area contributed by atoms with Gasteiger partial charge in [0.2, 0.25) is 0 Å².